The number of methoxy groups -OCH3 is 1. The van der Waals surface area contributed by atoms with Gasteiger partial charge in [-0.15, -0.1) is 11.8 Å². The zero-order valence-corrected chi connectivity index (χ0v) is 21.1. The maximum absolute atomic E-state index is 11.6. The molecule has 2 atom stereocenters. The van der Waals surface area contributed by atoms with Crippen molar-refractivity contribution in [3.63, 3.8) is 0 Å². The van der Waals surface area contributed by atoms with Crippen molar-refractivity contribution >= 4 is 104 Å². The summed E-state index contributed by atoms with van der Waals surface area (Å²) in [4.78, 5) is 27.9. The summed E-state index contributed by atoms with van der Waals surface area (Å²) in [6.45, 7) is 0. The molecular weight excluding hydrogens is 536 g/mol. The van der Waals surface area contributed by atoms with Crippen LogP contribution in [-0.4, -0.2) is 105 Å². The molecule has 5 rings (SSSR count). The van der Waals surface area contributed by atoms with Gasteiger partial charge < -0.3 is 20.1 Å². The molecule has 0 aliphatic heterocycles. The van der Waals surface area contributed by atoms with E-state index in [1.807, 2.05) is 18.2 Å². The number of benzene rings is 3. The Morgan fingerprint density at radius 2 is 1.77 bits per heavy atom. The quantitative estimate of drug-likeness (QED) is 0.192. The van der Waals surface area contributed by atoms with Gasteiger partial charge in [-0.2, -0.15) is 0 Å². The predicted molar refractivity (Wildman–Crippen MR) is 157 cm³/mol. The van der Waals surface area contributed by atoms with Crippen LogP contribution in [0.3, 0.4) is 0 Å². The molecule has 0 spiro atoms. The van der Waals surface area contributed by atoms with Gasteiger partial charge in [-0.25, -0.2) is 9.78 Å². The maximum atomic E-state index is 11.6. The van der Waals surface area contributed by atoms with E-state index in [1.165, 1.54) is 35.4 Å². The van der Waals surface area contributed by atoms with Crippen LogP contribution in [0, 0.1) is 0 Å². The Kier molecular flexibility index (Phi) is 11.3. The van der Waals surface area contributed by atoms with Gasteiger partial charge >= 0.3 is 71.1 Å². The van der Waals surface area contributed by atoms with E-state index < -0.39 is 18.0 Å². The summed E-state index contributed by atoms with van der Waals surface area (Å²) in [6.07, 6.45) is 1.98. The van der Waals surface area contributed by atoms with Gasteiger partial charge in [0.15, 0.2) is 0 Å². The molecule has 3 aromatic carbocycles. The van der Waals surface area contributed by atoms with Crippen LogP contribution in [0.4, 0.5) is 0 Å². The molecule has 4 aromatic rings. The first-order valence-electron chi connectivity index (χ1n) is 12.2. The summed E-state index contributed by atoms with van der Waals surface area (Å²) in [6, 6.07) is 17.7. The van der Waals surface area contributed by atoms with E-state index in [4.69, 9.17) is 9.84 Å². The summed E-state index contributed by atoms with van der Waals surface area (Å²) in [5.74, 6) is -1.95. The molecule has 2 unspecified atom stereocenters. The molecule has 0 saturated heterocycles. The Labute approximate surface area is 274 Å². The second kappa shape index (κ2) is 13.8. The predicted octanol–water partition coefficient (Wildman–Crippen LogP) is 4.35. The monoisotopic (exact) mass is 565 g/mol. The molecule has 0 fully saturated rings. The fourth-order valence-electron chi connectivity index (χ4n) is 5.14. The van der Waals surface area contributed by atoms with Gasteiger partial charge in [0.05, 0.1) is 24.0 Å². The molecule has 1 aliphatic rings. The second-order valence-corrected chi connectivity index (χ2v) is 10.5. The molecule has 1 aromatic heterocycles. The molecule has 1 heterocycles. The first-order chi connectivity index (χ1) is 17.9. The summed E-state index contributed by atoms with van der Waals surface area (Å²) in [7, 11) is 1.39. The van der Waals surface area contributed by atoms with E-state index in [9.17, 15) is 19.8 Å². The number of nitrogens with zero attached hydrogens (tertiary/aromatic N) is 1. The standard InChI is InChI=1S/C29H27NO6S.2Na.2H/c1-36-28-22(29(34)35)14-18-10-12-19(15-23(18)30-28)37-27(24(31)6-3-7-25(32)33)21-13-11-17-9-8-16-4-2-5-20(21)26(16)17;;;;/h2,4-5,10-15,24,27,31H,3,6-9H2,1H3,(H,32,33)(H,34,35);;;;. The third-order valence-electron chi connectivity index (χ3n) is 6.90. The Hall–Kier alpha value is -1.62. The van der Waals surface area contributed by atoms with Crippen molar-refractivity contribution in [2.24, 2.45) is 0 Å². The molecule has 194 valence electrons. The minimum atomic E-state index is -1.11. The number of aromatic nitrogens is 1. The van der Waals surface area contributed by atoms with Gasteiger partial charge in [0, 0.05) is 16.7 Å². The molecule has 1 aliphatic carbocycles. The minimum absolute atomic E-state index is 0. The molecule has 0 radical (unpaired) electrons. The van der Waals surface area contributed by atoms with Crippen LogP contribution in [0.25, 0.3) is 21.7 Å². The molecule has 7 nitrogen and oxygen atoms in total. The summed E-state index contributed by atoms with van der Waals surface area (Å²) in [5, 5.41) is 32.6. The average Bonchev–Trinajstić information content (AvgIpc) is 3.31. The van der Waals surface area contributed by atoms with Gasteiger partial charge in [-0.1, -0.05) is 36.4 Å². The molecule has 39 heavy (non-hydrogen) atoms. The zero-order valence-electron chi connectivity index (χ0n) is 20.3. The normalized spacial score (nSPS) is 13.4. The number of ether oxygens (including phenoxy) is 1. The first kappa shape index (κ1) is 31.9. The van der Waals surface area contributed by atoms with Crippen LogP contribution >= 0.6 is 11.8 Å². The number of pyridine rings is 1. The fourth-order valence-corrected chi connectivity index (χ4v) is 6.38. The van der Waals surface area contributed by atoms with Crippen LogP contribution in [-0.2, 0) is 17.6 Å². The molecule has 0 bridgehead atoms. The number of aliphatic carboxylic acids is 1. The number of carbonyl (C=O) groups is 2. The van der Waals surface area contributed by atoms with E-state index in [0.29, 0.717) is 23.7 Å². The van der Waals surface area contributed by atoms with E-state index in [0.717, 1.165) is 28.7 Å². The Balaban J connectivity index is 0.00000210. The number of thioether (sulfide) groups is 1. The van der Waals surface area contributed by atoms with Crippen molar-refractivity contribution in [2.75, 3.05) is 7.11 Å². The third-order valence-corrected chi connectivity index (χ3v) is 8.25. The van der Waals surface area contributed by atoms with Crippen molar-refractivity contribution < 1.29 is 29.6 Å². The van der Waals surface area contributed by atoms with E-state index in [1.54, 1.807) is 6.07 Å². The number of aliphatic hydroxyl groups is 1. The number of carboxylic acids is 2. The molecular formula is C29H29NNa2O6S. The molecule has 3 N–H and O–H groups in total. The van der Waals surface area contributed by atoms with E-state index in [-0.39, 0.29) is 82.2 Å². The fraction of sp³-hybridized carbons (Fsp3) is 0.276. The van der Waals surface area contributed by atoms with Crippen molar-refractivity contribution in [2.45, 2.75) is 48.4 Å². The second-order valence-electron chi connectivity index (χ2n) is 9.25. The number of aryl methyl sites for hydroxylation is 2. The number of hydrogen-bond donors (Lipinski definition) is 3. The van der Waals surface area contributed by atoms with Crippen molar-refractivity contribution in [1.29, 1.82) is 0 Å². The van der Waals surface area contributed by atoms with E-state index in [2.05, 4.69) is 35.3 Å². The first-order valence-corrected chi connectivity index (χ1v) is 13.1. The Bertz CT molecular complexity index is 1520. The van der Waals surface area contributed by atoms with Crippen molar-refractivity contribution in [1.82, 2.24) is 4.98 Å². The van der Waals surface area contributed by atoms with E-state index >= 15 is 0 Å². The van der Waals surface area contributed by atoms with Gasteiger partial charge in [0.2, 0.25) is 5.88 Å². The topological polar surface area (TPSA) is 117 Å². The zero-order chi connectivity index (χ0) is 26.1. The van der Waals surface area contributed by atoms with Crippen LogP contribution in [0.5, 0.6) is 5.88 Å². The van der Waals surface area contributed by atoms with Gasteiger partial charge in [-0.05, 0) is 71.3 Å². The Morgan fingerprint density at radius 1 is 1.03 bits per heavy atom. The summed E-state index contributed by atoms with van der Waals surface area (Å²) in [5.41, 5.74) is 4.23. The number of aliphatic hydroxyl groups excluding tert-OH is 1. The van der Waals surface area contributed by atoms with Crippen LogP contribution < -0.4 is 4.74 Å². The number of carboxylic acid groups (broad SMARTS) is 2. The average molecular weight is 566 g/mol. The number of rotatable bonds is 10. The van der Waals surface area contributed by atoms with Crippen molar-refractivity contribution in [3.05, 3.63) is 76.9 Å². The Morgan fingerprint density at radius 3 is 2.46 bits per heavy atom. The van der Waals surface area contributed by atoms with Gasteiger partial charge in [0.1, 0.15) is 5.56 Å². The molecule has 10 heteroatoms. The number of aromatic carboxylic acids is 1. The summed E-state index contributed by atoms with van der Waals surface area (Å²) >= 11 is 1.50. The molecule has 0 saturated carbocycles. The van der Waals surface area contributed by atoms with Crippen LogP contribution in [0.2, 0.25) is 0 Å². The number of hydrogen-bond acceptors (Lipinski definition) is 6. The SMILES string of the molecule is COc1nc2cc(SC(c3ccc4c5c(cccc35)CC4)C(O)CCCC(=O)O)ccc2cc1C(=O)O.[NaH].[NaH]. The number of fused-ring (bicyclic) bond motifs is 1. The summed E-state index contributed by atoms with van der Waals surface area (Å²) < 4.78 is 5.20. The van der Waals surface area contributed by atoms with Gasteiger partial charge in [-0.3, -0.25) is 4.79 Å². The third kappa shape index (κ3) is 6.82. The molecule has 0 amide bonds. The van der Waals surface area contributed by atoms with Crippen LogP contribution in [0.1, 0.15) is 51.6 Å². The van der Waals surface area contributed by atoms with Crippen LogP contribution in [0.15, 0.2) is 59.5 Å². The van der Waals surface area contributed by atoms with Gasteiger partial charge in [0.25, 0.3) is 0 Å². The van der Waals surface area contributed by atoms with Crippen molar-refractivity contribution in [3.8, 4) is 5.88 Å².